The van der Waals surface area contributed by atoms with Gasteiger partial charge in [0.25, 0.3) is 0 Å². The second kappa shape index (κ2) is 8.76. The average molecular weight is 439 g/mol. The number of nitrogens with zero attached hydrogens (tertiary/aromatic N) is 1. The molecule has 0 atom stereocenters. The van der Waals surface area contributed by atoms with E-state index in [9.17, 15) is 4.79 Å². The van der Waals surface area contributed by atoms with E-state index in [1.807, 2.05) is 42.7 Å². The second-order valence-electron chi connectivity index (χ2n) is 4.99. The molecule has 0 amide bonds. The van der Waals surface area contributed by atoms with Gasteiger partial charge in [-0.3, -0.25) is 4.79 Å². The Kier molecular flexibility index (Phi) is 7.35. The van der Waals surface area contributed by atoms with Crippen LogP contribution in [0.5, 0.6) is 0 Å². The molecule has 2 heterocycles. The van der Waals surface area contributed by atoms with Crippen LogP contribution in [0.25, 0.3) is 11.1 Å². The molecule has 0 radical (unpaired) electrons. The molecule has 0 aliphatic carbocycles. The Hall–Kier alpha value is -1.76. The number of rotatable bonds is 3. The van der Waals surface area contributed by atoms with Crippen LogP contribution < -0.4 is 49.8 Å². The van der Waals surface area contributed by atoms with Gasteiger partial charge in [-0.2, -0.15) is 0 Å². The molecule has 0 saturated heterocycles. The Morgan fingerprint density at radius 1 is 0.957 bits per heavy atom. The van der Waals surface area contributed by atoms with Gasteiger partial charge >= 0.3 is 5.56 Å². The molecule has 4 N–H and O–H groups in total. The molecule has 0 unspecified atom stereocenters. The normalized spacial score (nSPS) is 9.61. The molecular weight excluding hydrogens is 422 g/mol. The largest absolute Gasteiger partial charge is 1.00 e. The van der Waals surface area contributed by atoms with E-state index in [1.54, 1.807) is 12.3 Å². The monoisotopic (exact) mass is 437 g/mol. The number of H-pyrrole nitrogens is 1. The summed E-state index contributed by atoms with van der Waals surface area (Å²) in [6, 6.07) is 16.2. The van der Waals surface area contributed by atoms with Gasteiger partial charge in [0.05, 0.1) is 0 Å². The SMILES string of the molecule is [Br-].[Br-].[NH3+]c1cc(-c2cc[n+](Cc3ccccc3)cc2)c[nH]c1=O. The number of quaternary nitrogens is 1. The van der Waals surface area contributed by atoms with Crippen molar-refractivity contribution < 1.29 is 44.3 Å². The maximum atomic E-state index is 11.3. The van der Waals surface area contributed by atoms with E-state index >= 15 is 0 Å². The van der Waals surface area contributed by atoms with Crippen molar-refractivity contribution in [3.8, 4) is 11.1 Å². The van der Waals surface area contributed by atoms with E-state index in [2.05, 4.69) is 27.4 Å². The van der Waals surface area contributed by atoms with Crippen LogP contribution in [0.4, 0.5) is 5.69 Å². The van der Waals surface area contributed by atoms with Crippen LogP contribution >= 0.6 is 0 Å². The third kappa shape index (κ3) is 4.86. The lowest BCUT2D eigenvalue weighted by molar-refractivity contribution is -0.688. The average Bonchev–Trinajstić information content (AvgIpc) is 2.52. The van der Waals surface area contributed by atoms with Crippen LogP contribution in [0, 0.1) is 0 Å². The van der Waals surface area contributed by atoms with Gasteiger partial charge in [-0.05, 0) is 5.56 Å². The van der Waals surface area contributed by atoms with Gasteiger partial charge in [0.2, 0.25) is 0 Å². The third-order valence-corrected chi connectivity index (χ3v) is 3.41. The Morgan fingerprint density at radius 2 is 1.61 bits per heavy atom. The lowest BCUT2D eigenvalue weighted by Crippen LogP contribution is -3.00. The summed E-state index contributed by atoms with van der Waals surface area (Å²) in [5.74, 6) is 0. The van der Waals surface area contributed by atoms with Crippen molar-refractivity contribution in [1.29, 1.82) is 0 Å². The molecule has 0 spiro atoms. The van der Waals surface area contributed by atoms with Crippen molar-refractivity contribution in [3.63, 3.8) is 0 Å². The Labute approximate surface area is 155 Å². The maximum absolute atomic E-state index is 11.3. The molecule has 0 bridgehead atoms. The molecule has 0 fully saturated rings. The number of halogens is 2. The summed E-state index contributed by atoms with van der Waals surface area (Å²) >= 11 is 0. The molecule has 0 aliphatic heterocycles. The highest BCUT2D eigenvalue weighted by Gasteiger charge is 2.06. The number of nitrogens with one attached hydrogen (secondary N) is 1. The summed E-state index contributed by atoms with van der Waals surface area (Å²) in [5.41, 5.74) is 7.35. The van der Waals surface area contributed by atoms with Crippen molar-refractivity contribution in [2.24, 2.45) is 0 Å². The minimum absolute atomic E-state index is 0. The molecule has 23 heavy (non-hydrogen) atoms. The molecule has 6 heteroatoms. The smallest absolute Gasteiger partial charge is 0.309 e. The zero-order chi connectivity index (χ0) is 14.7. The van der Waals surface area contributed by atoms with Crippen LogP contribution in [0.3, 0.4) is 0 Å². The van der Waals surface area contributed by atoms with Gasteiger partial charge in [-0.15, -0.1) is 0 Å². The Bertz CT molecular complexity index is 802. The molecule has 2 aromatic heterocycles. The van der Waals surface area contributed by atoms with Crippen LogP contribution in [0.2, 0.25) is 0 Å². The first-order valence-corrected chi connectivity index (χ1v) is 6.80. The summed E-state index contributed by atoms with van der Waals surface area (Å²) < 4.78 is 2.12. The van der Waals surface area contributed by atoms with Gasteiger partial charge in [0.15, 0.2) is 24.6 Å². The van der Waals surface area contributed by atoms with Gasteiger partial charge < -0.3 is 44.7 Å². The fraction of sp³-hybridized carbons (Fsp3) is 0.0588. The van der Waals surface area contributed by atoms with Crippen LogP contribution in [0.15, 0.2) is 71.9 Å². The molecule has 3 aromatic rings. The van der Waals surface area contributed by atoms with E-state index in [-0.39, 0.29) is 39.5 Å². The molecule has 0 saturated carbocycles. The van der Waals surface area contributed by atoms with Gasteiger partial charge in [0, 0.05) is 35.5 Å². The summed E-state index contributed by atoms with van der Waals surface area (Å²) in [6.07, 6.45) is 5.79. The zero-order valence-electron chi connectivity index (χ0n) is 12.4. The van der Waals surface area contributed by atoms with E-state index in [0.29, 0.717) is 5.69 Å². The Balaban J connectivity index is 0.00000132. The number of benzene rings is 1. The van der Waals surface area contributed by atoms with Crippen LogP contribution in [0.1, 0.15) is 5.56 Å². The van der Waals surface area contributed by atoms with Crippen molar-refractivity contribution in [1.82, 2.24) is 4.98 Å². The molecule has 0 aliphatic rings. The molecule has 3 rings (SSSR count). The third-order valence-electron chi connectivity index (χ3n) is 3.41. The van der Waals surface area contributed by atoms with Crippen molar-refractivity contribution in [2.75, 3.05) is 0 Å². The molecule has 1 aromatic carbocycles. The first-order chi connectivity index (χ1) is 10.2. The lowest BCUT2D eigenvalue weighted by atomic mass is 10.1. The van der Waals surface area contributed by atoms with Crippen molar-refractivity contribution in [3.05, 3.63) is 83.0 Å². The van der Waals surface area contributed by atoms with Crippen molar-refractivity contribution in [2.45, 2.75) is 6.54 Å². The molecular formula is C17H17Br2N3O. The van der Waals surface area contributed by atoms with Gasteiger partial charge in [-0.25, -0.2) is 4.57 Å². The van der Waals surface area contributed by atoms with Gasteiger partial charge in [0.1, 0.15) is 0 Å². The standard InChI is InChI=1S/C17H15N3O.2BrH/c18-16-10-15(11-19-17(16)21)14-6-8-20(9-7-14)12-13-4-2-1-3-5-13;;/h1-11H,12,18H2;2*1H. The second-order valence-corrected chi connectivity index (χ2v) is 4.99. The predicted octanol–water partition coefficient (Wildman–Crippen LogP) is -4.74. The summed E-state index contributed by atoms with van der Waals surface area (Å²) in [4.78, 5) is 14.0. The first-order valence-electron chi connectivity index (χ1n) is 6.80. The van der Waals surface area contributed by atoms with Crippen LogP contribution in [-0.2, 0) is 6.54 Å². The zero-order valence-corrected chi connectivity index (χ0v) is 15.5. The van der Waals surface area contributed by atoms with E-state index < -0.39 is 0 Å². The van der Waals surface area contributed by atoms with E-state index in [4.69, 9.17) is 0 Å². The molecule has 120 valence electrons. The number of pyridine rings is 2. The maximum Gasteiger partial charge on any atom is 0.309 e. The summed E-state index contributed by atoms with van der Waals surface area (Å²) in [5, 5.41) is 0. The first kappa shape index (κ1) is 19.3. The fourth-order valence-electron chi connectivity index (χ4n) is 2.25. The number of aromatic nitrogens is 2. The summed E-state index contributed by atoms with van der Waals surface area (Å²) in [6.45, 7) is 0.841. The lowest BCUT2D eigenvalue weighted by Gasteiger charge is -2.01. The quantitative estimate of drug-likeness (QED) is 0.396. The fourth-order valence-corrected chi connectivity index (χ4v) is 2.25. The summed E-state index contributed by atoms with van der Waals surface area (Å²) in [7, 11) is 0. The highest BCUT2D eigenvalue weighted by Crippen LogP contribution is 2.16. The van der Waals surface area contributed by atoms with Gasteiger partial charge in [-0.1, -0.05) is 30.3 Å². The minimum Gasteiger partial charge on any atom is -1.00 e. The number of hydrogen-bond acceptors (Lipinski definition) is 1. The molecule has 4 nitrogen and oxygen atoms in total. The topological polar surface area (TPSA) is 64.4 Å². The highest BCUT2D eigenvalue weighted by molar-refractivity contribution is 5.63. The minimum atomic E-state index is -0.145. The number of hydrogen-bond donors (Lipinski definition) is 2. The van der Waals surface area contributed by atoms with Crippen molar-refractivity contribution >= 4 is 5.69 Å². The van der Waals surface area contributed by atoms with Crippen LogP contribution in [-0.4, -0.2) is 4.98 Å². The predicted molar refractivity (Wildman–Crippen MR) is 80.8 cm³/mol. The number of aromatic amines is 1. The Morgan fingerprint density at radius 3 is 2.22 bits per heavy atom. The van der Waals surface area contributed by atoms with E-state index in [0.717, 1.165) is 17.7 Å². The van der Waals surface area contributed by atoms with E-state index in [1.165, 1.54) is 5.56 Å². The highest BCUT2D eigenvalue weighted by atomic mass is 79.9.